The Morgan fingerprint density at radius 3 is 0.773 bits per heavy atom. The maximum absolute atomic E-state index is 11.2. The maximum atomic E-state index is 9.93. The normalized spacial score (nSPS) is 13.2. The summed E-state index contributed by atoms with van der Waals surface area (Å²) < 4.78 is 119. The van der Waals surface area contributed by atoms with Crippen molar-refractivity contribution in [2.75, 3.05) is 11.5 Å². The van der Waals surface area contributed by atoms with E-state index in [0.29, 0.717) is 0 Å². The first-order valence-electron chi connectivity index (χ1n) is 22.2. The second-order valence-corrected chi connectivity index (χ2v) is 31.8. The van der Waals surface area contributed by atoms with Crippen LogP contribution in [0.5, 0.6) is 0 Å². The van der Waals surface area contributed by atoms with Crippen molar-refractivity contribution >= 4 is 120 Å². The molecule has 10 aromatic rings. The molecule has 10 aromatic carbocycles. The van der Waals surface area contributed by atoms with Crippen LogP contribution in [0.25, 0.3) is 43.8 Å². The third-order valence-electron chi connectivity index (χ3n) is 10.8. The number of rotatable bonds is 8. The van der Waals surface area contributed by atoms with E-state index in [4.69, 9.17) is 11.5 Å². The van der Waals surface area contributed by atoms with Crippen molar-refractivity contribution in [2.45, 2.75) is 0 Å². The smallest absolute Gasteiger partial charge is 0.0622 e. The monoisotopic (exact) mass is 1380 g/mol. The number of fused-ring (bicyclic) bond motifs is 2. The van der Waals surface area contributed by atoms with E-state index in [1.165, 1.54) is 53.7 Å². The fourth-order valence-corrected chi connectivity index (χ4v) is 13.0. The molecule has 0 aromatic heterocycles. The molecule has 0 radical (unpaired) electrons. The molecule has 0 saturated carbocycles. The second-order valence-electron chi connectivity index (χ2n) is 16.5. The summed E-state index contributed by atoms with van der Waals surface area (Å²) in [5.41, 5.74) is 18.8. The van der Waals surface area contributed by atoms with Crippen LogP contribution in [0, 0.1) is 0 Å². The molecule has 0 bridgehead atoms. The molecule has 0 unspecified atom stereocenters. The standard InChI is InChI=1S/C36H28P2.C20H16N2.12FH.Pd.2Sb/c1-5-17-29(18-6-1)37(30-19-7-2-8-20-30)35-27-15-13-25-33(35)34-26-14-16-28-36(34)38(31-21-9-3-10-22-31)32-23-11-4-12-24-32;21-17-11-9-13-5-1-3-7-15(13)19(17)20-16-8-4-2-6-14(16)10-12-18(20)22;;;;;;;;;;;;;;;/h1-28H;1-12H,21-22H2;12*1H;;;/q;;;;;;;;;;;;;;+2;2*+5/p-12. The van der Waals surface area contributed by atoms with Gasteiger partial charge in [-0.25, -0.2) is 0 Å². The minimum Gasteiger partial charge on any atom is -0.0622 e. The van der Waals surface area contributed by atoms with E-state index in [2.05, 4.69) is 206 Å². The quantitative estimate of drug-likeness (QED) is 0.0689. The van der Waals surface area contributed by atoms with Crippen LogP contribution in [-0.4, -0.2) is 39.0 Å². The van der Waals surface area contributed by atoms with Crippen molar-refractivity contribution in [1.82, 2.24) is 0 Å². The van der Waals surface area contributed by atoms with Gasteiger partial charge in [0, 0.05) is 22.5 Å². The van der Waals surface area contributed by atoms with Crippen LogP contribution < -0.4 is 43.3 Å². The summed E-state index contributed by atoms with van der Waals surface area (Å²) in [6, 6.07) is 86.6. The van der Waals surface area contributed by atoms with Gasteiger partial charge in [0.2, 0.25) is 0 Å². The number of nitrogens with two attached hydrogens (primary N) is 2. The van der Waals surface area contributed by atoms with Crippen molar-refractivity contribution in [1.29, 1.82) is 0 Å². The predicted octanol–water partition coefficient (Wildman–Crippen LogP) is 16.0. The predicted molar refractivity (Wildman–Crippen MR) is 290 cm³/mol. The number of benzene rings is 10. The second kappa shape index (κ2) is 22.3. The van der Waals surface area contributed by atoms with Crippen LogP contribution in [0.2, 0.25) is 0 Å². The zero-order valence-electron chi connectivity index (χ0n) is 38.9. The van der Waals surface area contributed by atoms with Crippen molar-refractivity contribution in [2.24, 2.45) is 0 Å². The van der Waals surface area contributed by atoms with Crippen molar-refractivity contribution < 1.29 is 54.2 Å². The molecule has 0 spiro atoms. The van der Waals surface area contributed by atoms with Crippen LogP contribution in [0.3, 0.4) is 0 Å². The van der Waals surface area contributed by atoms with E-state index >= 15 is 0 Å². The summed E-state index contributed by atoms with van der Waals surface area (Å²) in [6.07, 6.45) is 0. The zero-order chi connectivity index (χ0) is 53.5. The average molecular weight is 1380 g/mol. The first-order chi connectivity index (χ1) is 34.6. The Balaban J connectivity index is 0.000000207. The molecule has 0 fully saturated rings. The summed E-state index contributed by atoms with van der Waals surface area (Å²) in [7, 11) is -1.45. The molecular formula is C56H44F12N2P2PdSb2. The minimum atomic E-state index is -11.2. The molecule has 0 atom stereocenters. The number of halogens is 12. The zero-order valence-corrected chi connectivity index (χ0v) is 47.3. The Labute approximate surface area is 446 Å². The van der Waals surface area contributed by atoms with Gasteiger partial charge in [-0.1, -0.05) is 231 Å². The molecule has 4 N–H and O–H groups in total. The van der Waals surface area contributed by atoms with Gasteiger partial charge >= 0.3 is 93.1 Å². The Bertz CT molecular complexity index is 3200. The van der Waals surface area contributed by atoms with Crippen LogP contribution in [0.1, 0.15) is 0 Å². The molecular weight excluding hydrogens is 1340 g/mol. The summed E-state index contributed by atoms with van der Waals surface area (Å²) in [4.78, 5) is 0. The van der Waals surface area contributed by atoms with Gasteiger partial charge in [-0.15, -0.1) is 0 Å². The number of hydrogen-bond acceptors (Lipinski definition) is 2. The Kier molecular flexibility index (Phi) is 17.5. The van der Waals surface area contributed by atoms with Crippen molar-refractivity contribution in [3.8, 4) is 22.3 Å². The van der Waals surface area contributed by atoms with Gasteiger partial charge in [0.25, 0.3) is 0 Å². The van der Waals surface area contributed by atoms with Crippen LogP contribution in [-0.2, 0) is 20.4 Å². The average Bonchev–Trinajstić information content (AvgIpc) is 3.35. The van der Waals surface area contributed by atoms with E-state index < -0.39 is 54.8 Å². The summed E-state index contributed by atoms with van der Waals surface area (Å²) in [6.45, 7) is 0. The van der Waals surface area contributed by atoms with E-state index in [9.17, 15) is 33.8 Å². The molecule has 19 heteroatoms. The number of hydrogen-bond donors (Lipinski definition) is 2. The molecule has 0 heterocycles. The van der Waals surface area contributed by atoms with Crippen LogP contribution in [0.15, 0.2) is 243 Å². The molecule has 392 valence electrons. The third-order valence-corrected chi connectivity index (χ3v) is 15.8. The fourth-order valence-electron chi connectivity index (χ4n) is 8.09. The molecule has 0 aliphatic heterocycles. The van der Waals surface area contributed by atoms with Gasteiger partial charge < -0.3 is 11.5 Å². The number of nitrogen functional groups attached to an aromatic ring is 2. The van der Waals surface area contributed by atoms with E-state index in [1.54, 1.807) is 0 Å². The molecule has 0 aliphatic rings. The SMILES string of the molecule is Nc1ccc2ccccc2c1-c1c(N)ccc2ccccc12.[F][Sb-]([F])([F])([F])([F])[F].[F][Sb-]([F])([F])([F])([F])[F].[Pd+2].c1ccc(P(c2ccccc2)c2ccccc2-c2ccccc2P(c2ccccc2)c2ccccc2)cc1. The Hall–Kier alpha value is -5.36. The molecule has 75 heavy (non-hydrogen) atoms. The minimum absolute atomic E-state index is 0. The third kappa shape index (κ3) is 18.4. The van der Waals surface area contributed by atoms with Gasteiger partial charge in [-0.2, -0.15) is 0 Å². The number of anilines is 2. The van der Waals surface area contributed by atoms with Crippen LogP contribution in [0.4, 0.5) is 45.1 Å². The molecule has 0 amide bonds. The van der Waals surface area contributed by atoms with Crippen molar-refractivity contribution in [3.63, 3.8) is 0 Å². The largest absolute Gasteiger partial charge is 2.00 e. The molecule has 10 rings (SSSR count). The van der Waals surface area contributed by atoms with Crippen LogP contribution >= 0.6 is 15.8 Å². The van der Waals surface area contributed by atoms with Gasteiger partial charge in [0.1, 0.15) is 0 Å². The van der Waals surface area contributed by atoms with Gasteiger partial charge in [0.15, 0.2) is 0 Å². The topological polar surface area (TPSA) is 52.0 Å². The molecule has 0 saturated heterocycles. The summed E-state index contributed by atoms with van der Waals surface area (Å²) >= 11 is -22.5. The molecule has 2 nitrogen and oxygen atoms in total. The van der Waals surface area contributed by atoms with E-state index in [-0.39, 0.29) is 20.4 Å². The van der Waals surface area contributed by atoms with E-state index in [1.807, 2.05) is 36.4 Å². The fraction of sp³-hybridized carbons (Fsp3) is 0. The first kappa shape index (κ1) is 58.9. The first-order valence-corrected chi connectivity index (χ1v) is 36.5. The Morgan fingerprint density at radius 1 is 0.267 bits per heavy atom. The van der Waals surface area contributed by atoms with Crippen molar-refractivity contribution in [3.05, 3.63) is 243 Å². The molecule has 0 aliphatic carbocycles. The van der Waals surface area contributed by atoms with Gasteiger partial charge in [-0.3, -0.25) is 0 Å². The Morgan fingerprint density at radius 2 is 0.493 bits per heavy atom. The van der Waals surface area contributed by atoms with Gasteiger partial charge in [-0.05, 0) is 92.5 Å². The maximum Gasteiger partial charge on any atom is 2.00 e. The summed E-state index contributed by atoms with van der Waals surface area (Å²) in [5, 5.41) is 12.8. The summed E-state index contributed by atoms with van der Waals surface area (Å²) in [5.74, 6) is 0. The van der Waals surface area contributed by atoms with E-state index in [0.717, 1.165) is 33.3 Å². The van der Waals surface area contributed by atoms with Gasteiger partial charge in [0.05, 0.1) is 0 Å².